The standard InChI is InChI=1S/C11H10ClNO2S/c12-5-8-13-10-9(11(14)15-8)6-3-1-2-4-7(6)16-10/h1-5H2. The molecule has 0 atom stereocenters. The second-order valence-corrected chi connectivity index (χ2v) is 5.27. The van der Waals surface area contributed by atoms with Crippen molar-refractivity contribution in [1.82, 2.24) is 4.98 Å². The fourth-order valence-corrected chi connectivity index (χ4v) is 3.57. The van der Waals surface area contributed by atoms with Crippen molar-refractivity contribution < 1.29 is 4.42 Å². The highest BCUT2D eigenvalue weighted by atomic mass is 35.5. The van der Waals surface area contributed by atoms with Gasteiger partial charge in [-0.15, -0.1) is 22.9 Å². The highest BCUT2D eigenvalue weighted by molar-refractivity contribution is 7.18. The van der Waals surface area contributed by atoms with Crippen molar-refractivity contribution in [2.75, 3.05) is 0 Å². The van der Waals surface area contributed by atoms with Crippen LogP contribution in [0.3, 0.4) is 0 Å². The van der Waals surface area contributed by atoms with Gasteiger partial charge in [0.15, 0.2) is 0 Å². The number of hydrogen-bond donors (Lipinski definition) is 0. The fraction of sp³-hybridized carbons (Fsp3) is 0.455. The molecule has 0 saturated heterocycles. The molecule has 0 spiro atoms. The maximum atomic E-state index is 11.8. The Balaban J connectivity index is 2.34. The molecule has 3 rings (SSSR count). The van der Waals surface area contributed by atoms with Gasteiger partial charge >= 0.3 is 5.63 Å². The fourth-order valence-electron chi connectivity index (χ4n) is 2.19. The normalized spacial score (nSPS) is 15.3. The first-order chi connectivity index (χ1) is 7.79. The van der Waals surface area contributed by atoms with Gasteiger partial charge in [0.25, 0.3) is 0 Å². The summed E-state index contributed by atoms with van der Waals surface area (Å²) in [5, 5.41) is 0.688. The van der Waals surface area contributed by atoms with Crippen molar-refractivity contribution in [3.05, 3.63) is 26.8 Å². The number of fused-ring (bicyclic) bond motifs is 3. The van der Waals surface area contributed by atoms with Crippen molar-refractivity contribution >= 4 is 33.2 Å². The van der Waals surface area contributed by atoms with Gasteiger partial charge in [0.1, 0.15) is 10.2 Å². The molecule has 2 aromatic rings. The van der Waals surface area contributed by atoms with Gasteiger partial charge < -0.3 is 4.42 Å². The van der Waals surface area contributed by atoms with Gasteiger partial charge in [-0.1, -0.05) is 0 Å². The number of alkyl halides is 1. The van der Waals surface area contributed by atoms with E-state index in [-0.39, 0.29) is 11.5 Å². The zero-order chi connectivity index (χ0) is 11.1. The number of thiophene rings is 1. The molecule has 0 saturated carbocycles. The SMILES string of the molecule is O=c1oc(CCl)nc2sc3c(c12)CCCC3. The van der Waals surface area contributed by atoms with Crippen LogP contribution in [0.4, 0.5) is 0 Å². The lowest BCUT2D eigenvalue weighted by molar-refractivity contribution is 0.462. The Kier molecular flexibility index (Phi) is 2.48. The van der Waals surface area contributed by atoms with Crippen molar-refractivity contribution in [1.29, 1.82) is 0 Å². The molecule has 2 heterocycles. The van der Waals surface area contributed by atoms with Gasteiger partial charge in [0, 0.05) is 4.88 Å². The zero-order valence-corrected chi connectivity index (χ0v) is 10.2. The average Bonchev–Trinajstić information content (AvgIpc) is 2.67. The molecule has 0 bridgehead atoms. The summed E-state index contributed by atoms with van der Waals surface area (Å²) in [4.78, 5) is 18.2. The van der Waals surface area contributed by atoms with Crippen LogP contribution in [0.2, 0.25) is 0 Å². The Morgan fingerprint density at radius 1 is 1.38 bits per heavy atom. The van der Waals surface area contributed by atoms with E-state index in [1.165, 1.54) is 11.3 Å². The van der Waals surface area contributed by atoms with Crippen LogP contribution < -0.4 is 5.63 Å². The number of nitrogens with zero attached hydrogens (tertiary/aromatic N) is 1. The van der Waals surface area contributed by atoms with E-state index >= 15 is 0 Å². The summed E-state index contributed by atoms with van der Waals surface area (Å²) in [7, 11) is 0. The molecule has 0 fully saturated rings. The molecule has 16 heavy (non-hydrogen) atoms. The maximum Gasteiger partial charge on any atom is 0.348 e. The third-order valence-corrected chi connectivity index (χ3v) is 4.32. The Morgan fingerprint density at radius 3 is 3.00 bits per heavy atom. The first-order valence-corrected chi connectivity index (χ1v) is 6.65. The van der Waals surface area contributed by atoms with Gasteiger partial charge in [0.05, 0.1) is 5.88 Å². The molecule has 1 aliphatic rings. The molecule has 0 radical (unpaired) electrons. The lowest BCUT2D eigenvalue weighted by Gasteiger charge is -2.09. The third-order valence-electron chi connectivity index (χ3n) is 2.91. The molecule has 0 N–H and O–H groups in total. The van der Waals surface area contributed by atoms with E-state index in [2.05, 4.69) is 4.98 Å². The summed E-state index contributed by atoms with van der Waals surface area (Å²) in [5.41, 5.74) is 0.883. The van der Waals surface area contributed by atoms with Crippen LogP contribution in [0.5, 0.6) is 0 Å². The molecule has 0 aromatic carbocycles. The van der Waals surface area contributed by atoms with E-state index < -0.39 is 0 Å². The number of aromatic nitrogens is 1. The topological polar surface area (TPSA) is 43.1 Å². The van der Waals surface area contributed by atoms with Crippen LogP contribution in [0, 0.1) is 0 Å². The molecule has 0 unspecified atom stereocenters. The first kappa shape index (κ1) is 10.3. The molecule has 1 aliphatic carbocycles. The van der Waals surface area contributed by atoms with Crippen molar-refractivity contribution in [2.45, 2.75) is 31.6 Å². The second kappa shape index (κ2) is 3.86. The summed E-state index contributed by atoms with van der Waals surface area (Å²) in [6.07, 6.45) is 4.39. The number of halogens is 1. The Labute approximate surface area is 101 Å². The Hall–Kier alpha value is -0.870. The zero-order valence-electron chi connectivity index (χ0n) is 8.59. The largest absolute Gasteiger partial charge is 0.406 e. The van der Waals surface area contributed by atoms with Crippen LogP contribution >= 0.6 is 22.9 Å². The Bertz CT molecular complexity index is 602. The Morgan fingerprint density at radius 2 is 2.19 bits per heavy atom. The minimum atomic E-state index is -0.278. The molecule has 0 aliphatic heterocycles. The summed E-state index contributed by atoms with van der Waals surface area (Å²) in [5.74, 6) is 0.464. The average molecular weight is 256 g/mol. The summed E-state index contributed by atoms with van der Waals surface area (Å²) in [6.45, 7) is 0. The van der Waals surface area contributed by atoms with E-state index in [1.807, 2.05) is 0 Å². The molecular weight excluding hydrogens is 246 g/mol. The van der Waals surface area contributed by atoms with Crippen LogP contribution in [0.15, 0.2) is 9.21 Å². The van der Waals surface area contributed by atoms with Crippen LogP contribution in [-0.4, -0.2) is 4.98 Å². The molecule has 3 nitrogen and oxygen atoms in total. The van der Waals surface area contributed by atoms with E-state index in [9.17, 15) is 4.79 Å². The molecule has 84 valence electrons. The number of rotatable bonds is 1. The summed E-state index contributed by atoms with van der Waals surface area (Å²) in [6, 6.07) is 0. The van der Waals surface area contributed by atoms with Gasteiger partial charge in [-0.2, -0.15) is 0 Å². The van der Waals surface area contributed by atoms with Gasteiger partial charge in [-0.25, -0.2) is 9.78 Å². The smallest absolute Gasteiger partial charge is 0.348 e. The van der Waals surface area contributed by atoms with Gasteiger partial charge in [-0.05, 0) is 31.2 Å². The summed E-state index contributed by atoms with van der Waals surface area (Å²) < 4.78 is 5.07. The number of hydrogen-bond acceptors (Lipinski definition) is 4. The lowest BCUT2D eigenvalue weighted by atomic mass is 9.97. The molecular formula is C11H10ClNO2S. The third kappa shape index (κ3) is 1.48. The van der Waals surface area contributed by atoms with Crippen molar-refractivity contribution in [3.63, 3.8) is 0 Å². The highest BCUT2D eigenvalue weighted by Crippen LogP contribution is 2.33. The van der Waals surface area contributed by atoms with Gasteiger partial charge in [-0.3, -0.25) is 0 Å². The first-order valence-electron chi connectivity index (χ1n) is 5.30. The van der Waals surface area contributed by atoms with E-state index in [4.69, 9.17) is 16.0 Å². The maximum absolute atomic E-state index is 11.8. The quantitative estimate of drug-likeness (QED) is 0.736. The highest BCUT2D eigenvalue weighted by Gasteiger charge is 2.20. The predicted molar refractivity (Wildman–Crippen MR) is 64.4 cm³/mol. The van der Waals surface area contributed by atoms with Crippen LogP contribution in [-0.2, 0) is 18.7 Å². The minimum absolute atomic E-state index is 0.147. The minimum Gasteiger partial charge on any atom is -0.406 e. The second-order valence-electron chi connectivity index (χ2n) is 3.92. The van der Waals surface area contributed by atoms with E-state index in [0.29, 0.717) is 11.3 Å². The van der Waals surface area contributed by atoms with Crippen LogP contribution in [0.25, 0.3) is 10.2 Å². The van der Waals surface area contributed by atoms with Crippen molar-refractivity contribution in [2.24, 2.45) is 0 Å². The van der Waals surface area contributed by atoms with Gasteiger partial charge in [0.2, 0.25) is 5.89 Å². The summed E-state index contributed by atoms with van der Waals surface area (Å²) >= 11 is 7.25. The van der Waals surface area contributed by atoms with E-state index in [0.717, 1.165) is 29.7 Å². The number of aryl methyl sites for hydroxylation is 2. The van der Waals surface area contributed by atoms with E-state index in [1.54, 1.807) is 11.3 Å². The molecule has 5 heteroatoms. The van der Waals surface area contributed by atoms with Crippen LogP contribution in [0.1, 0.15) is 29.2 Å². The molecule has 2 aromatic heterocycles. The predicted octanol–water partition coefficient (Wildman–Crippen LogP) is 2.87. The monoisotopic (exact) mass is 255 g/mol. The van der Waals surface area contributed by atoms with Crippen molar-refractivity contribution in [3.8, 4) is 0 Å². The molecule has 0 amide bonds. The lowest BCUT2D eigenvalue weighted by Crippen LogP contribution is -2.06.